The number of amides is 1. The number of aliphatic hydroxyl groups excluding tert-OH is 2. The van der Waals surface area contributed by atoms with Crippen LogP contribution in [-0.4, -0.2) is 76.8 Å². The summed E-state index contributed by atoms with van der Waals surface area (Å²) in [7, 11) is -3.77. The van der Waals surface area contributed by atoms with E-state index >= 15 is 0 Å². The predicted molar refractivity (Wildman–Crippen MR) is 153 cm³/mol. The molecule has 13 heteroatoms. The lowest BCUT2D eigenvalue weighted by molar-refractivity contribution is -0.138. The molecule has 1 spiro atoms. The van der Waals surface area contributed by atoms with Crippen LogP contribution in [0.15, 0.2) is 40.9 Å². The van der Waals surface area contributed by atoms with E-state index in [0.29, 0.717) is 37.1 Å². The van der Waals surface area contributed by atoms with Crippen molar-refractivity contribution in [3.63, 3.8) is 0 Å². The first kappa shape index (κ1) is 30.7. The lowest BCUT2D eigenvalue weighted by Crippen LogP contribution is -2.50. The Morgan fingerprint density at radius 1 is 1.14 bits per heavy atom. The molecule has 230 valence electrons. The minimum absolute atomic E-state index is 0.00429. The molecule has 3 heterocycles. The second-order valence-electron chi connectivity index (χ2n) is 11.7. The molecule has 0 radical (unpaired) electrons. The van der Waals surface area contributed by atoms with E-state index in [1.807, 2.05) is 12.1 Å². The molecule has 1 atom stereocenters. The normalized spacial score (nSPS) is 24.4. The number of carbonyl (C=O) groups excluding carboxylic acids is 1. The van der Waals surface area contributed by atoms with Gasteiger partial charge >= 0.3 is 6.18 Å². The molecule has 1 saturated heterocycles. The van der Waals surface area contributed by atoms with E-state index in [1.165, 1.54) is 9.71 Å². The Morgan fingerprint density at radius 2 is 1.86 bits per heavy atom. The molecular formula is C29H37F3N4O5S. The number of aliphatic imine (C=N–C) groups is 1. The van der Waals surface area contributed by atoms with Gasteiger partial charge < -0.3 is 20.1 Å². The van der Waals surface area contributed by atoms with E-state index in [2.05, 4.69) is 5.32 Å². The van der Waals surface area contributed by atoms with Crippen molar-refractivity contribution in [1.29, 1.82) is 0 Å². The lowest BCUT2D eigenvalue weighted by atomic mass is 9.79. The van der Waals surface area contributed by atoms with E-state index < -0.39 is 34.3 Å². The van der Waals surface area contributed by atoms with Crippen LogP contribution in [0.5, 0.6) is 0 Å². The van der Waals surface area contributed by atoms with E-state index in [4.69, 9.17) is 10.1 Å². The fourth-order valence-electron chi connectivity index (χ4n) is 6.36. The molecule has 1 aromatic heterocycles. The van der Waals surface area contributed by atoms with Crippen LogP contribution < -0.4 is 5.32 Å². The highest BCUT2D eigenvalue weighted by molar-refractivity contribution is 7.92. The number of hydrogen-bond acceptors (Lipinski definition) is 6. The number of halogens is 3. The van der Waals surface area contributed by atoms with Gasteiger partial charge in [0.1, 0.15) is 11.4 Å². The van der Waals surface area contributed by atoms with E-state index in [0.717, 1.165) is 10.9 Å². The maximum absolute atomic E-state index is 13.2. The third-order valence-corrected chi connectivity index (χ3v) is 10.4. The third-order valence-electron chi connectivity index (χ3n) is 8.86. The lowest BCUT2D eigenvalue weighted by Gasteiger charge is -2.34. The Hall–Kier alpha value is -2.74. The van der Waals surface area contributed by atoms with Crippen molar-refractivity contribution in [3.8, 4) is 0 Å². The summed E-state index contributed by atoms with van der Waals surface area (Å²) in [6, 6.07) is 7.29. The summed E-state index contributed by atoms with van der Waals surface area (Å²) in [6.07, 6.45) is 0.847. The summed E-state index contributed by atoms with van der Waals surface area (Å²) in [5.74, 6) is 0.399. The fourth-order valence-corrected chi connectivity index (χ4v) is 7.54. The molecule has 2 fully saturated rings. The number of rotatable bonds is 9. The molecular weight excluding hydrogens is 573 g/mol. The number of piperidine rings is 1. The number of hydrogen-bond donors (Lipinski definition) is 3. The van der Waals surface area contributed by atoms with Crippen LogP contribution in [0.2, 0.25) is 0 Å². The van der Waals surface area contributed by atoms with Crippen LogP contribution in [0.1, 0.15) is 56.9 Å². The summed E-state index contributed by atoms with van der Waals surface area (Å²) in [5, 5.41) is 23.8. The Kier molecular flexibility index (Phi) is 8.85. The molecule has 5 rings (SSSR count). The third kappa shape index (κ3) is 6.74. The minimum atomic E-state index is -4.14. The number of aromatic nitrogens is 1. The number of fused-ring (bicyclic) bond motifs is 1. The Bertz CT molecular complexity index is 1450. The summed E-state index contributed by atoms with van der Waals surface area (Å²) < 4.78 is 67.3. The van der Waals surface area contributed by atoms with Gasteiger partial charge in [-0.3, -0.25) is 9.79 Å². The number of carbonyl (C=O) groups is 1. The number of nitrogens with zero attached hydrogens (tertiary/aromatic N) is 3. The summed E-state index contributed by atoms with van der Waals surface area (Å²) >= 11 is 0. The number of alkyl halides is 3. The maximum Gasteiger partial charge on any atom is 0.389 e. The Labute approximate surface area is 243 Å². The molecule has 1 amide bonds. The van der Waals surface area contributed by atoms with Gasteiger partial charge in [0.15, 0.2) is 0 Å². The Balaban J connectivity index is 1.20. The van der Waals surface area contributed by atoms with Crippen LogP contribution in [-0.2, 0) is 21.4 Å². The van der Waals surface area contributed by atoms with Crippen LogP contribution in [0.25, 0.3) is 17.0 Å². The average Bonchev–Trinajstić information content (AvgIpc) is 3.51. The molecule has 42 heavy (non-hydrogen) atoms. The van der Waals surface area contributed by atoms with Gasteiger partial charge in [-0.25, -0.2) is 8.42 Å². The number of nitrogens with one attached hydrogen (secondary N) is 1. The number of sulfonamides is 1. The van der Waals surface area contributed by atoms with Gasteiger partial charge in [0, 0.05) is 47.9 Å². The first-order valence-corrected chi connectivity index (χ1v) is 15.9. The fraction of sp³-hybridized carbons (Fsp3) is 0.586. The average molecular weight is 611 g/mol. The maximum atomic E-state index is 13.2. The monoisotopic (exact) mass is 610 g/mol. The highest BCUT2D eigenvalue weighted by Gasteiger charge is 2.48. The van der Waals surface area contributed by atoms with E-state index in [-0.39, 0.29) is 63.2 Å². The van der Waals surface area contributed by atoms with Crippen molar-refractivity contribution in [1.82, 2.24) is 14.2 Å². The molecule has 2 aromatic rings. The highest BCUT2D eigenvalue weighted by atomic mass is 32.2. The van der Waals surface area contributed by atoms with Gasteiger partial charge in [-0.2, -0.15) is 17.5 Å². The largest absolute Gasteiger partial charge is 0.394 e. The molecule has 1 saturated carbocycles. The van der Waals surface area contributed by atoms with Gasteiger partial charge in [-0.05, 0) is 74.6 Å². The highest BCUT2D eigenvalue weighted by Crippen LogP contribution is 2.38. The first-order valence-electron chi connectivity index (χ1n) is 14.4. The van der Waals surface area contributed by atoms with E-state index in [9.17, 15) is 31.5 Å². The van der Waals surface area contributed by atoms with Crippen molar-refractivity contribution in [3.05, 3.63) is 41.4 Å². The first-order chi connectivity index (χ1) is 19.9. The molecule has 3 N–H and O–H groups in total. The van der Waals surface area contributed by atoms with Gasteiger partial charge in [0.25, 0.3) is 5.91 Å². The number of aliphatic hydroxyl groups is 2. The minimum Gasteiger partial charge on any atom is -0.394 e. The van der Waals surface area contributed by atoms with Crippen molar-refractivity contribution in [2.24, 2.45) is 16.8 Å². The van der Waals surface area contributed by atoms with Gasteiger partial charge in [0.2, 0.25) is 10.0 Å². The quantitative estimate of drug-likeness (QED) is 0.399. The molecule has 1 aromatic carbocycles. The Morgan fingerprint density at radius 3 is 2.52 bits per heavy atom. The van der Waals surface area contributed by atoms with E-state index in [1.54, 1.807) is 29.0 Å². The second-order valence-corrected chi connectivity index (χ2v) is 13.5. The zero-order valence-corrected chi connectivity index (χ0v) is 24.1. The van der Waals surface area contributed by atoms with Crippen molar-refractivity contribution >= 4 is 38.7 Å². The van der Waals surface area contributed by atoms with Crippen LogP contribution in [0, 0.1) is 11.8 Å². The van der Waals surface area contributed by atoms with Crippen molar-refractivity contribution in [2.75, 3.05) is 19.7 Å². The number of benzene rings is 1. The number of amidine groups is 1. The molecule has 0 unspecified atom stereocenters. The summed E-state index contributed by atoms with van der Waals surface area (Å²) in [5.41, 5.74) is 0.489. The zero-order chi connectivity index (χ0) is 30.1. The molecule has 1 aliphatic carbocycles. The van der Waals surface area contributed by atoms with Gasteiger partial charge in [0.05, 0.1) is 19.3 Å². The standard InChI is InChI=1S/C29H37F3N4O5S/c30-29(31,32)11-8-20-4-6-22(7-5-20)26-33-27(39)28(34-26)12-15-36(16-13-28)42(40,41)17-10-21-2-1-3-25-24(21)9-14-35(25)18-23(38)19-37/h1-3,9-10,14,17,20,22-23,37-38H,4-8,11-13,15-16,18-19H2,(H,33,34,39)/b17-10+/t20?,22?,23-/m1/s1. The molecule has 0 bridgehead atoms. The van der Waals surface area contributed by atoms with Crippen LogP contribution in [0.3, 0.4) is 0 Å². The summed E-state index contributed by atoms with van der Waals surface area (Å²) in [6.45, 7) is 0.127. The topological polar surface area (TPSA) is 124 Å². The van der Waals surface area contributed by atoms with Gasteiger partial charge in [-0.1, -0.05) is 12.1 Å². The van der Waals surface area contributed by atoms with Crippen LogP contribution in [0.4, 0.5) is 13.2 Å². The van der Waals surface area contributed by atoms with Crippen LogP contribution >= 0.6 is 0 Å². The van der Waals surface area contributed by atoms with Gasteiger partial charge in [-0.15, -0.1) is 0 Å². The van der Waals surface area contributed by atoms with Crippen molar-refractivity contribution < 1.29 is 36.6 Å². The smallest absolute Gasteiger partial charge is 0.389 e. The predicted octanol–water partition coefficient (Wildman–Crippen LogP) is 3.81. The SMILES string of the molecule is O=C1NC(C2CCC(CCC(F)(F)F)CC2)=NC12CCN(S(=O)(=O)/C=C/c1cccc3c1ccn3C[C@@H](O)CO)CC2. The molecule has 9 nitrogen and oxygen atoms in total. The summed E-state index contributed by atoms with van der Waals surface area (Å²) in [4.78, 5) is 17.8. The van der Waals surface area contributed by atoms with Crippen molar-refractivity contribution in [2.45, 2.75) is 75.7 Å². The second kappa shape index (κ2) is 12.1. The zero-order valence-electron chi connectivity index (χ0n) is 23.3. The molecule has 2 aliphatic heterocycles. The molecule has 3 aliphatic rings.